The van der Waals surface area contributed by atoms with Crippen LogP contribution in [0.15, 0.2) is 53.7 Å². The first-order valence-corrected chi connectivity index (χ1v) is 10.4. The van der Waals surface area contributed by atoms with Gasteiger partial charge >= 0.3 is 6.61 Å². The minimum absolute atomic E-state index is 0.0671. The summed E-state index contributed by atoms with van der Waals surface area (Å²) in [5.74, 6) is -0.267. The number of anilines is 1. The number of tetrazole rings is 1. The second-order valence-corrected chi connectivity index (χ2v) is 6.74. The Labute approximate surface area is 181 Å². The van der Waals surface area contributed by atoms with Gasteiger partial charge < -0.3 is 14.8 Å². The number of thioether (sulfide) groups is 1. The number of halogens is 2. The molecule has 0 aliphatic carbocycles. The van der Waals surface area contributed by atoms with Crippen LogP contribution >= 0.6 is 11.8 Å². The van der Waals surface area contributed by atoms with Crippen LogP contribution < -0.4 is 14.8 Å². The molecule has 0 spiro atoms. The van der Waals surface area contributed by atoms with Crippen molar-refractivity contribution in [3.05, 3.63) is 54.1 Å². The number of benzene rings is 2. The van der Waals surface area contributed by atoms with Crippen LogP contribution in [0.4, 0.5) is 14.5 Å². The van der Waals surface area contributed by atoms with Crippen molar-refractivity contribution in [1.29, 1.82) is 0 Å². The molecule has 0 fully saturated rings. The molecule has 1 N–H and O–H groups in total. The van der Waals surface area contributed by atoms with Crippen LogP contribution in [0.1, 0.15) is 12.5 Å². The quantitative estimate of drug-likeness (QED) is 0.391. The highest BCUT2D eigenvalue weighted by atomic mass is 32.2. The van der Waals surface area contributed by atoms with Gasteiger partial charge in [0.15, 0.2) is 11.5 Å². The predicted octanol–water partition coefficient (Wildman–Crippen LogP) is 4.04. The van der Waals surface area contributed by atoms with Crippen molar-refractivity contribution in [3.8, 4) is 17.2 Å². The number of hydrogen-bond donors (Lipinski definition) is 1. The topological polar surface area (TPSA) is 91.2 Å². The molecule has 0 aliphatic heterocycles. The van der Waals surface area contributed by atoms with E-state index in [1.165, 1.54) is 30.0 Å². The number of rotatable bonds is 9. The van der Waals surface area contributed by atoms with E-state index in [9.17, 15) is 13.6 Å². The Balaban J connectivity index is 1.71. The minimum Gasteiger partial charge on any atom is -0.490 e. The van der Waals surface area contributed by atoms with E-state index in [1.807, 2.05) is 12.3 Å². The normalized spacial score (nSPS) is 11.1. The van der Waals surface area contributed by atoms with E-state index in [2.05, 4.69) is 25.6 Å². The van der Waals surface area contributed by atoms with Crippen molar-refractivity contribution in [3.63, 3.8) is 0 Å². The minimum atomic E-state index is -2.96. The zero-order chi connectivity index (χ0) is 22.2. The summed E-state index contributed by atoms with van der Waals surface area (Å²) in [7, 11) is 0. The van der Waals surface area contributed by atoms with Gasteiger partial charge in [0.2, 0.25) is 11.1 Å². The van der Waals surface area contributed by atoms with Gasteiger partial charge in [-0.1, -0.05) is 23.9 Å². The molecule has 2 aromatic carbocycles. The fraction of sp³-hybridized carbons (Fsp3) is 0.200. The molecular formula is C20H19F2N5O3S. The first-order chi connectivity index (χ1) is 15.0. The summed E-state index contributed by atoms with van der Waals surface area (Å²) in [5.41, 5.74) is 1.85. The van der Waals surface area contributed by atoms with Crippen molar-refractivity contribution in [2.24, 2.45) is 0 Å². The SMILES string of the molecule is CCOc1cc(/C=C/C(=O)Nc2cccc(-n3nnnc3SC)c2)ccc1OC(F)F. The first kappa shape index (κ1) is 22.2. The Hall–Kier alpha value is -3.47. The van der Waals surface area contributed by atoms with Gasteiger partial charge in [-0.2, -0.15) is 13.5 Å². The third kappa shape index (κ3) is 6.01. The van der Waals surface area contributed by atoms with Crippen LogP contribution in [-0.4, -0.2) is 45.6 Å². The van der Waals surface area contributed by atoms with Crippen molar-refractivity contribution in [2.75, 3.05) is 18.2 Å². The molecule has 0 bridgehead atoms. The summed E-state index contributed by atoms with van der Waals surface area (Å²) >= 11 is 1.40. The van der Waals surface area contributed by atoms with Gasteiger partial charge in [-0.25, -0.2) is 0 Å². The number of aromatic nitrogens is 4. The van der Waals surface area contributed by atoms with E-state index >= 15 is 0 Å². The lowest BCUT2D eigenvalue weighted by Gasteiger charge is -2.11. The summed E-state index contributed by atoms with van der Waals surface area (Å²) in [4.78, 5) is 12.3. The zero-order valence-corrected chi connectivity index (χ0v) is 17.5. The summed E-state index contributed by atoms with van der Waals surface area (Å²) in [6.45, 7) is -0.945. The molecule has 3 aromatic rings. The van der Waals surface area contributed by atoms with Crippen molar-refractivity contribution < 1.29 is 23.0 Å². The third-order valence-electron chi connectivity index (χ3n) is 3.89. The summed E-state index contributed by atoms with van der Waals surface area (Å²) in [6, 6.07) is 11.5. The first-order valence-electron chi connectivity index (χ1n) is 9.13. The molecule has 11 heteroatoms. The Morgan fingerprint density at radius 3 is 2.84 bits per heavy atom. The number of carbonyl (C=O) groups is 1. The maximum atomic E-state index is 12.5. The van der Waals surface area contributed by atoms with Gasteiger partial charge in [-0.15, -0.1) is 5.10 Å². The van der Waals surface area contributed by atoms with Gasteiger partial charge in [0.1, 0.15) is 0 Å². The lowest BCUT2D eigenvalue weighted by Crippen LogP contribution is -2.08. The van der Waals surface area contributed by atoms with Gasteiger partial charge in [0.25, 0.3) is 0 Å². The Morgan fingerprint density at radius 2 is 2.10 bits per heavy atom. The standard InChI is InChI=1S/C20H19F2N5O3S/c1-3-29-17-11-13(7-9-16(17)30-19(21)22)8-10-18(28)23-14-5-4-6-15(12-14)27-20(31-2)24-25-26-27/h4-12,19H,3H2,1-2H3,(H,23,28)/b10-8+. The molecule has 0 atom stereocenters. The highest BCUT2D eigenvalue weighted by Gasteiger charge is 2.11. The van der Waals surface area contributed by atoms with Crippen molar-refractivity contribution in [1.82, 2.24) is 20.2 Å². The highest BCUT2D eigenvalue weighted by molar-refractivity contribution is 7.98. The molecule has 31 heavy (non-hydrogen) atoms. The lowest BCUT2D eigenvalue weighted by atomic mass is 10.2. The Morgan fingerprint density at radius 1 is 1.26 bits per heavy atom. The molecule has 1 aromatic heterocycles. The monoisotopic (exact) mass is 447 g/mol. The maximum Gasteiger partial charge on any atom is 0.387 e. The summed E-state index contributed by atoms with van der Waals surface area (Å²) < 4.78 is 36.3. The fourth-order valence-corrected chi connectivity index (χ4v) is 3.06. The molecular weight excluding hydrogens is 428 g/mol. The molecule has 0 radical (unpaired) electrons. The number of nitrogens with zero attached hydrogens (tertiary/aromatic N) is 4. The van der Waals surface area contributed by atoms with Crippen LogP contribution in [0, 0.1) is 0 Å². The number of amides is 1. The van der Waals surface area contributed by atoms with Gasteiger partial charge in [0.05, 0.1) is 12.3 Å². The largest absolute Gasteiger partial charge is 0.490 e. The van der Waals surface area contributed by atoms with Crippen LogP contribution in [0.2, 0.25) is 0 Å². The van der Waals surface area contributed by atoms with E-state index in [0.29, 0.717) is 22.1 Å². The number of hydrogen-bond acceptors (Lipinski definition) is 7. The average Bonchev–Trinajstić information content (AvgIpc) is 3.23. The number of carbonyl (C=O) groups excluding carboxylic acids is 1. The highest BCUT2D eigenvalue weighted by Crippen LogP contribution is 2.30. The molecule has 1 amide bonds. The number of ether oxygens (including phenoxy) is 2. The Bertz CT molecular complexity index is 1070. The summed E-state index contributed by atoms with van der Waals surface area (Å²) in [6.07, 6.45) is 4.73. The van der Waals surface area contributed by atoms with E-state index < -0.39 is 6.61 Å². The fourth-order valence-electron chi connectivity index (χ4n) is 2.63. The molecule has 0 unspecified atom stereocenters. The second kappa shape index (κ2) is 10.5. The molecule has 162 valence electrons. The Kier molecular flexibility index (Phi) is 7.55. The molecule has 0 saturated carbocycles. The third-order valence-corrected chi connectivity index (χ3v) is 4.51. The van der Waals surface area contributed by atoms with Crippen LogP contribution in [0.5, 0.6) is 11.5 Å². The second-order valence-electron chi connectivity index (χ2n) is 5.97. The van der Waals surface area contributed by atoms with Crippen molar-refractivity contribution >= 4 is 29.4 Å². The molecule has 1 heterocycles. The van der Waals surface area contributed by atoms with Crippen molar-refractivity contribution in [2.45, 2.75) is 18.7 Å². The van der Waals surface area contributed by atoms with Gasteiger partial charge in [-0.3, -0.25) is 4.79 Å². The van der Waals surface area contributed by atoms with Gasteiger partial charge in [-0.05, 0) is 65.6 Å². The zero-order valence-electron chi connectivity index (χ0n) is 16.7. The molecule has 8 nitrogen and oxygen atoms in total. The van der Waals surface area contributed by atoms with E-state index in [0.717, 1.165) is 0 Å². The van der Waals surface area contributed by atoms with E-state index in [1.54, 1.807) is 41.9 Å². The number of alkyl halides is 2. The average molecular weight is 447 g/mol. The lowest BCUT2D eigenvalue weighted by molar-refractivity contribution is -0.111. The van der Waals surface area contributed by atoms with Crippen LogP contribution in [0.25, 0.3) is 11.8 Å². The van der Waals surface area contributed by atoms with E-state index in [-0.39, 0.29) is 24.0 Å². The van der Waals surface area contributed by atoms with Gasteiger partial charge in [0, 0.05) is 11.8 Å². The number of nitrogens with one attached hydrogen (secondary N) is 1. The van der Waals surface area contributed by atoms with Crippen LogP contribution in [-0.2, 0) is 4.79 Å². The van der Waals surface area contributed by atoms with Crippen LogP contribution in [0.3, 0.4) is 0 Å². The smallest absolute Gasteiger partial charge is 0.387 e. The van der Waals surface area contributed by atoms with E-state index in [4.69, 9.17) is 4.74 Å². The maximum absolute atomic E-state index is 12.5. The molecule has 0 aliphatic rings. The molecule has 0 saturated heterocycles. The summed E-state index contributed by atoms with van der Waals surface area (Å²) in [5, 5.41) is 14.9. The molecule has 3 rings (SSSR count). The predicted molar refractivity (Wildman–Crippen MR) is 113 cm³/mol.